The summed E-state index contributed by atoms with van der Waals surface area (Å²) in [7, 11) is 0. The molecule has 90 valence electrons. The van der Waals surface area contributed by atoms with Gasteiger partial charge in [0.05, 0.1) is 0 Å². The Morgan fingerprint density at radius 1 is 1.25 bits per heavy atom. The van der Waals surface area contributed by atoms with Gasteiger partial charge in [0, 0.05) is 11.6 Å². The zero-order valence-corrected chi connectivity index (χ0v) is 10.3. The molecule has 0 aliphatic carbocycles. The molecule has 0 aliphatic rings. The third-order valence-electron chi connectivity index (χ3n) is 2.57. The number of rotatable bonds is 3. The lowest BCUT2D eigenvalue weighted by atomic mass is 9.82. The van der Waals surface area contributed by atoms with Crippen LogP contribution in [0, 0.1) is 17.0 Å². The molecule has 0 saturated heterocycles. The van der Waals surface area contributed by atoms with Gasteiger partial charge in [-0.15, -0.1) is 0 Å². The fourth-order valence-electron chi connectivity index (χ4n) is 1.83. The first-order valence-electron chi connectivity index (χ1n) is 5.55. The molecule has 1 rings (SSSR count). The van der Waals surface area contributed by atoms with E-state index in [1.165, 1.54) is 0 Å². The molecule has 0 saturated carbocycles. The van der Waals surface area contributed by atoms with E-state index in [1.54, 1.807) is 12.1 Å². The summed E-state index contributed by atoms with van der Waals surface area (Å²) >= 11 is 0. The average Bonchev–Trinajstić information content (AvgIpc) is 2.18. The van der Waals surface area contributed by atoms with Crippen molar-refractivity contribution < 1.29 is 8.78 Å². The van der Waals surface area contributed by atoms with E-state index in [0.29, 0.717) is 5.56 Å². The number of benzene rings is 1. The van der Waals surface area contributed by atoms with Crippen LogP contribution in [0.4, 0.5) is 8.78 Å². The highest BCUT2D eigenvalue weighted by Gasteiger charge is 2.28. The standard InChI is InChI=1S/C13H19F2N/c1-5-16-12(13(2,3)4)9-7-6-8-10(14)11(9)15/h6-8,12,16H,5H2,1-4H3. The Labute approximate surface area is 95.9 Å². The fourth-order valence-corrected chi connectivity index (χ4v) is 1.83. The molecule has 1 aromatic carbocycles. The molecule has 0 aromatic heterocycles. The van der Waals surface area contributed by atoms with Gasteiger partial charge in [-0.2, -0.15) is 0 Å². The summed E-state index contributed by atoms with van der Waals surface area (Å²) in [5, 5.41) is 3.20. The van der Waals surface area contributed by atoms with Crippen molar-refractivity contribution in [3.05, 3.63) is 35.4 Å². The Morgan fingerprint density at radius 3 is 2.38 bits per heavy atom. The van der Waals surface area contributed by atoms with Crippen molar-refractivity contribution in [2.75, 3.05) is 6.54 Å². The SMILES string of the molecule is CCNC(c1cccc(F)c1F)C(C)(C)C. The Hall–Kier alpha value is -0.960. The van der Waals surface area contributed by atoms with Crippen molar-refractivity contribution in [2.24, 2.45) is 5.41 Å². The van der Waals surface area contributed by atoms with E-state index in [-0.39, 0.29) is 11.5 Å². The van der Waals surface area contributed by atoms with Gasteiger partial charge in [-0.25, -0.2) is 8.78 Å². The summed E-state index contributed by atoms with van der Waals surface area (Å²) in [6.45, 7) is 8.69. The topological polar surface area (TPSA) is 12.0 Å². The summed E-state index contributed by atoms with van der Waals surface area (Å²) in [5.41, 5.74) is 0.235. The quantitative estimate of drug-likeness (QED) is 0.831. The minimum absolute atomic E-state index is 0.162. The molecule has 1 nitrogen and oxygen atoms in total. The maximum atomic E-state index is 13.7. The number of hydrogen-bond acceptors (Lipinski definition) is 1. The van der Waals surface area contributed by atoms with Crippen molar-refractivity contribution >= 4 is 0 Å². The van der Waals surface area contributed by atoms with E-state index in [1.807, 2.05) is 27.7 Å². The zero-order valence-electron chi connectivity index (χ0n) is 10.3. The van der Waals surface area contributed by atoms with Crippen LogP contribution in [0.2, 0.25) is 0 Å². The van der Waals surface area contributed by atoms with Gasteiger partial charge in [0.25, 0.3) is 0 Å². The van der Waals surface area contributed by atoms with Crippen LogP contribution in [0.15, 0.2) is 18.2 Å². The van der Waals surface area contributed by atoms with E-state index in [4.69, 9.17) is 0 Å². The normalized spacial score (nSPS) is 13.9. The maximum absolute atomic E-state index is 13.7. The Morgan fingerprint density at radius 2 is 1.88 bits per heavy atom. The molecule has 0 amide bonds. The smallest absolute Gasteiger partial charge is 0.163 e. The molecule has 3 heteroatoms. The molecular formula is C13H19F2N. The Balaban J connectivity index is 3.16. The second kappa shape index (κ2) is 4.91. The van der Waals surface area contributed by atoms with E-state index in [2.05, 4.69) is 5.32 Å². The van der Waals surface area contributed by atoms with E-state index < -0.39 is 11.6 Å². The molecule has 1 atom stereocenters. The van der Waals surface area contributed by atoms with Crippen molar-refractivity contribution in [1.82, 2.24) is 5.32 Å². The van der Waals surface area contributed by atoms with E-state index >= 15 is 0 Å². The second-order valence-electron chi connectivity index (χ2n) is 5.00. The van der Waals surface area contributed by atoms with E-state index in [9.17, 15) is 8.78 Å². The molecule has 0 heterocycles. The van der Waals surface area contributed by atoms with Crippen molar-refractivity contribution in [2.45, 2.75) is 33.7 Å². The Bertz CT molecular complexity index is 355. The predicted molar refractivity (Wildman–Crippen MR) is 62.2 cm³/mol. The van der Waals surface area contributed by atoms with Crippen molar-refractivity contribution in [1.29, 1.82) is 0 Å². The number of halogens is 2. The Kier molecular flexibility index (Phi) is 4.03. The first-order chi connectivity index (χ1) is 7.38. The van der Waals surface area contributed by atoms with Gasteiger partial charge >= 0.3 is 0 Å². The van der Waals surface area contributed by atoms with Crippen LogP contribution < -0.4 is 5.32 Å². The zero-order chi connectivity index (χ0) is 12.3. The third-order valence-corrected chi connectivity index (χ3v) is 2.57. The summed E-state index contributed by atoms with van der Waals surface area (Å²) < 4.78 is 26.9. The summed E-state index contributed by atoms with van der Waals surface area (Å²) in [6, 6.07) is 4.14. The maximum Gasteiger partial charge on any atom is 0.163 e. The first kappa shape index (κ1) is 13.1. The molecule has 16 heavy (non-hydrogen) atoms. The molecule has 1 N–H and O–H groups in total. The highest BCUT2D eigenvalue weighted by atomic mass is 19.2. The van der Waals surface area contributed by atoms with Crippen LogP contribution in [0.5, 0.6) is 0 Å². The lowest BCUT2D eigenvalue weighted by molar-refractivity contribution is 0.268. The third kappa shape index (κ3) is 2.79. The van der Waals surface area contributed by atoms with Gasteiger partial charge in [0.2, 0.25) is 0 Å². The van der Waals surface area contributed by atoms with Crippen LogP contribution >= 0.6 is 0 Å². The summed E-state index contributed by atoms with van der Waals surface area (Å²) in [6.07, 6.45) is 0. The molecule has 0 radical (unpaired) electrons. The predicted octanol–water partition coefficient (Wildman–Crippen LogP) is 3.66. The molecule has 0 fully saturated rings. The first-order valence-corrected chi connectivity index (χ1v) is 5.55. The summed E-state index contributed by atoms with van der Waals surface area (Å²) in [4.78, 5) is 0. The lowest BCUT2D eigenvalue weighted by Gasteiger charge is -2.32. The second-order valence-corrected chi connectivity index (χ2v) is 5.00. The number of nitrogens with one attached hydrogen (secondary N) is 1. The molecule has 0 aliphatic heterocycles. The van der Waals surface area contributed by atoms with Crippen LogP contribution in [-0.2, 0) is 0 Å². The fraction of sp³-hybridized carbons (Fsp3) is 0.538. The van der Waals surface area contributed by atoms with Gasteiger partial charge in [-0.3, -0.25) is 0 Å². The van der Waals surface area contributed by atoms with Crippen LogP contribution in [0.25, 0.3) is 0 Å². The van der Waals surface area contributed by atoms with Crippen LogP contribution in [-0.4, -0.2) is 6.54 Å². The van der Waals surface area contributed by atoms with Gasteiger partial charge in [-0.1, -0.05) is 39.8 Å². The molecule has 0 bridgehead atoms. The highest BCUT2D eigenvalue weighted by Crippen LogP contribution is 2.34. The lowest BCUT2D eigenvalue weighted by Crippen LogP contribution is -2.33. The monoisotopic (exact) mass is 227 g/mol. The van der Waals surface area contributed by atoms with Gasteiger partial charge in [0.15, 0.2) is 11.6 Å². The largest absolute Gasteiger partial charge is 0.310 e. The molecule has 0 spiro atoms. The molecule has 1 unspecified atom stereocenters. The number of hydrogen-bond donors (Lipinski definition) is 1. The van der Waals surface area contributed by atoms with E-state index in [0.717, 1.165) is 12.6 Å². The van der Waals surface area contributed by atoms with Gasteiger partial charge < -0.3 is 5.32 Å². The van der Waals surface area contributed by atoms with Gasteiger partial charge in [-0.05, 0) is 18.0 Å². The molecule has 1 aromatic rings. The average molecular weight is 227 g/mol. The van der Waals surface area contributed by atoms with Crippen molar-refractivity contribution in [3.63, 3.8) is 0 Å². The van der Waals surface area contributed by atoms with Crippen LogP contribution in [0.3, 0.4) is 0 Å². The minimum Gasteiger partial charge on any atom is -0.310 e. The van der Waals surface area contributed by atoms with Crippen molar-refractivity contribution in [3.8, 4) is 0 Å². The molecular weight excluding hydrogens is 208 g/mol. The minimum atomic E-state index is -0.787. The van der Waals surface area contributed by atoms with Crippen LogP contribution in [0.1, 0.15) is 39.3 Å². The van der Waals surface area contributed by atoms with Gasteiger partial charge in [0.1, 0.15) is 0 Å². The highest BCUT2D eigenvalue weighted by molar-refractivity contribution is 5.24. The summed E-state index contributed by atoms with van der Waals surface area (Å²) in [5.74, 6) is -1.53.